The molecule has 0 nitrogen and oxygen atoms in total. The van der Waals surface area contributed by atoms with Crippen LogP contribution >= 0.6 is 0 Å². The lowest BCUT2D eigenvalue weighted by Crippen LogP contribution is -2.02. The molecule has 0 bridgehead atoms. The molecule has 134 valence electrons. The zero-order valence-corrected chi connectivity index (χ0v) is 16.6. The van der Waals surface area contributed by atoms with E-state index in [1.165, 1.54) is 39.0 Å². The lowest BCUT2D eigenvalue weighted by Gasteiger charge is -2.09. The van der Waals surface area contributed by atoms with Gasteiger partial charge < -0.3 is 0 Å². The highest BCUT2D eigenvalue weighted by Crippen LogP contribution is 2.58. The molecule has 4 rings (SSSR count). The standard InChI is InChI=1S/C27H26/c1-19-10-14-22(15-11-19)25(23-16-12-20(2)13-17-23)18-26-21(3)27(26,4)24-8-6-5-7-9-24/h5-17,21H,1-4H3/t21-,27-/m1/s1. The number of benzene rings is 3. The molecular weight excluding hydrogens is 324 g/mol. The monoisotopic (exact) mass is 350 g/mol. The average Bonchev–Trinajstić information content (AvgIpc) is 3.23. The van der Waals surface area contributed by atoms with Crippen molar-refractivity contribution in [2.24, 2.45) is 5.92 Å². The first-order valence-electron chi connectivity index (χ1n) is 9.71. The van der Waals surface area contributed by atoms with Crippen LogP contribution in [0.2, 0.25) is 0 Å². The molecule has 0 amide bonds. The Kier molecular flexibility index (Phi) is 4.38. The summed E-state index contributed by atoms with van der Waals surface area (Å²) in [4.78, 5) is 0. The Labute approximate surface area is 162 Å². The molecule has 1 aliphatic rings. The van der Waals surface area contributed by atoms with Crippen LogP contribution in [0.15, 0.2) is 90.2 Å². The molecule has 0 unspecified atom stereocenters. The quantitative estimate of drug-likeness (QED) is 0.452. The summed E-state index contributed by atoms with van der Waals surface area (Å²) in [7, 11) is 0. The van der Waals surface area contributed by atoms with Crippen LogP contribution in [0, 0.1) is 19.8 Å². The van der Waals surface area contributed by atoms with Crippen molar-refractivity contribution in [3.63, 3.8) is 0 Å². The Morgan fingerprint density at radius 2 is 1.22 bits per heavy atom. The van der Waals surface area contributed by atoms with Crippen molar-refractivity contribution in [3.8, 4) is 0 Å². The Morgan fingerprint density at radius 3 is 1.70 bits per heavy atom. The van der Waals surface area contributed by atoms with Gasteiger partial charge in [0, 0.05) is 11.0 Å². The summed E-state index contributed by atoms with van der Waals surface area (Å²) in [5, 5.41) is 0. The van der Waals surface area contributed by atoms with Crippen LogP contribution in [0.3, 0.4) is 0 Å². The highest BCUT2D eigenvalue weighted by Gasteiger charge is 2.54. The molecule has 0 spiro atoms. The molecule has 2 atom stereocenters. The molecule has 0 saturated heterocycles. The van der Waals surface area contributed by atoms with Crippen molar-refractivity contribution >= 4 is 5.57 Å². The summed E-state index contributed by atoms with van der Waals surface area (Å²) in [5.74, 6) is 0.505. The molecule has 0 aliphatic heterocycles. The Balaban J connectivity index is 1.90. The van der Waals surface area contributed by atoms with E-state index >= 15 is 0 Å². The van der Waals surface area contributed by atoms with E-state index in [1.807, 2.05) is 0 Å². The smallest absolute Gasteiger partial charge is 0.0309 e. The molecule has 1 aliphatic carbocycles. The van der Waals surface area contributed by atoms with Gasteiger partial charge in [-0.2, -0.15) is 0 Å². The van der Waals surface area contributed by atoms with E-state index in [0.29, 0.717) is 5.92 Å². The summed E-state index contributed by atoms with van der Waals surface area (Å²) in [6, 6.07) is 28.4. The van der Waals surface area contributed by atoms with Crippen LogP contribution in [0.5, 0.6) is 0 Å². The summed E-state index contributed by atoms with van der Waals surface area (Å²) in [6.07, 6.45) is 0. The van der Waals surface area contributed by atoms with Gasteiger partial charge in [0.05, 0.1) is 0 Å². The fourth-order valence-corrected chi connectivity index (χ4v) is 3.94. The number of rotatable bonds is 3. The highest BCUT2D eigenvalue weighted by molar-refractivity contribution is 5.81. The molecule has 0 heterocycles. The minimum Gasteiger partial charge on any atom is -0.111 e. The second-order valence-corrected chi connectivity index (χ2v) is 7.94. The Hall–Kier alpha value is -2.82. The Morgan fingerprint density at radius 1 is 0.741 bits per heavy atom. The van der Waals surface area contributed by atoms with Crippen molar-refractivity contribution in [1.82, 2.24) is 0 Å². The van der Waals surface area contributed by atoms with Crippen LogP contribution in [0.1, 0.15) is 41.7 Å². The van der Waals surface area contributed by atoms with E-state index in [0.717, 1.165) is 0 Å². The van der Waals surface area contributed by atoms with Crippen molar-refractivity contribution in [2.75, 3.05) is 0 Å². The van der Waals surface area contributed by atoms with Gasteiger partial charge in [-0.3, -0.25) is 0 Å². The van der Waals surface area contributed by atoms with Gasteiger partial charge >= 0.3 is 0 Å². The third-order valence-electron chi connectivity index (χ3n) is 6.09. The van der Waals surface area contributed by atoms with Gasteiger partial charge in [-0.25, -0.2) is 0 Å². The predicted octanol–water partition coefficient (Wildman–Crippen LogP) is 6.87. The van der Waals surface area contributed by atoms with Crippen molar-refractivity contribution in [1.29, 1.82) is 0 Å². The van der Waals surface area contributed by atoms with E-state index in [2.05, 4.69) is 112 Å². The molecule has 0 heteroatoms. The largest absolute Gasteiger partial charge is 0.111 e. The third-order valence-corrected chi connectivity index (χ3v) is 6.09. The van der Waals surface area contributed by atoms with Gasteiger partial charge in [0.25, 0.3) is 0 Å². The van der Waals surface area contributed by atoms with Crippen molar-refractivity contribution < 1.29 is 0 Å². The van der Waals surface area contributed by atoms with Crippen molar-refractivity contribution in [3.05, 3.63) is 118 Å². The molecule has 0 N–H and O–H groups in total. The van der Waals surface area contributed by atoms with Crippen LogP contribution in [-0.2, 0) is 5.41 Å². The molecular formula is C27H26. The minimum atomic E-state index is 0.0852. The van der Waals surface area contributed by atoms with Crippen LogP contribution < -0.4 is 0 Å². The maximum Gasteiger partial charge on any atom is 0.0309 e. The molecule has 0 radical (unpaired) electrons. The lowest BCUT2D eigenvalue weighted by atomic mass is 9.94. The summed E-state index contributed by atoms with van der Waals surface area (Å²) >= 11 is 0. The van der Waals surface area contributed by atoms with Gasteiger partial charge in [-0.15, -0.1) is 5.73 Å². The molecule has 1 saturated carbocycles. The van der Waals surface area contributed by atoms with E-state index in [-0.39, 0.29) is 5.41 Å². The number of hydrogen-bond acceptors (Lipinski definition) is 0. The molecule has 0 aromatic heterocycles. The maximum atomic E-state index is 3.83. The first kappa shape index (κ1) is 17.6. The number of allylic oxidation sites excluding steroid dienone is 1. The minimum absolute atomic E-state index is 0.0852. The molecule has 1 fully saturated rings. The zero-order chi connectivity index (χ0) is 19.0. The number of aryl methyl sites for hydroxylation is 2. The topological polar surface area (TPSA) is 0 Å². The van der Waals surface area contributed by atoms with Gasteiger partial charge in [0.2, 0.25) is 0 Å². The van der Waals surface area contributed by atoms with E-state index in [9.17, 15) is 0 Å². The molecule has 3 aromatic carbocycles. The van der Waals surface area contributed by atoms with Crippen LogP contribution in [0.25, 0.3) is 5.57 Å². The van der Waals surface area contributed by atoms with Gasteiger partial charge in [0.15, 0.2) is 0 Å². The third kappa shape index (κ3) is 3.18. The van der Waals surface area contributed by atoms with E-state index in [4.69, 9.17) is 0 Å². The number of hydrogen-bond donors (Lipinski definition) is 0. The van der Waals surface area contributed by atoms with Crippen molar-refractivity contribution in [2.45, 2.75) is 33.1 Å². The van der Waals surface area contributed by atoms with E-state index < -0.39 is 0 Å². The maximum absolute atomic E-state index is 3.83. The molecule has 27 heavy (non-hydrogen) atoms. The zero-order valence-electron chi connectivity index (χ0n) is 16.6. The van der Waals surface area contributed by atoms with E-state index in [1.54, 1.807) is 0 Å². The fourth-order valence-electron chi connectivity index (χ4n) is 3.94. The SMILES string of the molecule is Cc1ccc(C(=C=C2[C@@H](C)[C@]2(C)c2ccccc2)c2ccc(C)cc2)cc1. The van der Waals surface area contributed by atoms with Crippen LogP contribution in [-0.4, -0.2) is 0 Å². The first-order chi connectivity index (χ1) is 13.0. The second kappa shape index (κ2) is 6.72. The summed E-state index contributed by atoms with van der Waals surface area (Å²) in [5.41, 5.74) is 12.9. The fraction of sp³-hybridized carbons (Fsp3) is 0.222. The molecule has 3 aromatic rings. The Bertz CT molecular complexity index is 966. The summed E-state index contributed by atoms with van der Waals surface area (Å²) < 4.78 is 0. The second-order valence-electron chi connectivity index (χ2n) is 7.94. The van der Waals surface area contributed by atoms with Gasteiger partial charge in [-0.1, -0.05) is 104 Å². The van der Waals surface area contributed by atoms with Gasteiger partial charge in [-0.05, 0) is 42.0 Å². The van der Waals surface area contributed by atoms with Crippen LogP contribution in [0.4, 0.5) is 0 Å². The van der Waals surface area contributed by atoms with Gasteiger partial charge in [0.1, 0.15) is 0 Å². The predicted molar refractivity (Wildman–Crippen MR) is 115 cm³/mol. The highest BCUT2D eigenvalue weighted by atomic mass is 14.6. The first-order valence-corrected chi connectivity index (χ1v) is 9.71. The summed E-state index contributed by atoms with van der Waals surface area (Å²) in [6.45, 7) is 8.92. The lowest BCUT2D eigenvalue weighted by molar-refractivity contribution is 0.707. The normalized spacial score (nSPS) is 20.9. The average molecular weight is 351 g/mol.